The largest absolute Gasteiger partial charge is 0.409 e. The van der Waals surface area contributed by atoms with Crippen molar-refractivity contribution in [3.8, 4) is 0 Å². The molecule has 1 fully saturated rings. The van der Waals surface area contributed by atoms with Gasteiger partial charge in [-0.15, -0.1) is 0 Å². The summed E-state index contributed by atoms with van der Waals surface area (Å²) in [6.45, 7) is 0.647. The van der Waals surface area contributed by atoms with E-state index in [1.54, 1.807) is 12.1 Å². The molecule has 0 radical (unpaired) electrons. The summed E-state index contributed by atoms with van der Waals surface area (Å²) in [5.74, 6) is 1.71. The van der Waals surface area contributed by atoms with Crippen LogP contribution in [0.1, 0.15) is 17.9 Å². The van der Waals surface area contributed by atoms with Crippen LogP contribution in [0, 0.1) is 5.92 Å². The number of rotatable bonds is 5. The fourth-order valence-corrected chi connectivity index (χ4v) is 3.54. The zero-order valence-electron chi connectivity index (χ0n) is 11.2. The molecule has 1 aromatic rings. The minimum Gasteiger partial charge on any atom is -0.409 e. The Balaban J connectivity index is 2.04. The molecule has 0 bridgehead atoms. The molecule has 1 heterocycles. The highest BCUT2D eigenvalue weighted by Gasteiger charge is 2.26. The van der Waals surface area contributed by atoms with E-state index >= 15 is 0 Å². The lowest BCUT2D eigenvalue weighted by Gasteiger charge is -2.17. The van der Waals surface area contributed by atoms with E-state index in [4.69, 9.17) is 10.9 Å². The number of nitrogens with one attached hydrogen (secondary N) is 1. The van der Waals surface area contributed by atoms with Gasteiger partial charge in [0.05, 0.1) is 0 Å². The van der Waals surface area contributed by atoms with Crippen molar-refractivity contribution in [3.63, 3.8) is 0 Å². The molecule has 0 spiro atoms. The Hall–Kier alpha value is -1.69. The number of amidine groups is 1. The molecule has 2 rings (SSSR count). The maximum absolute atomic E-state index is 12.3. The van der Waals surface area contributed by atoms with Gasteiger partial charge in [0, 0.05) is 6.54 Å². The summed E-state index contributed by atoms with van der Waals surface area (Å²) < 4.78 is 0. The van der Waals surface area contributed by atoms with Gasteiger partial charge in [-0.2, -0.15) is 11.8 Å². The van der Waals surface area contributed by atoms with Gasteiger partial charge in [0.25, 0.3) is 0 Å². The van der Waals surface area contributed by atoms with Crippen LogP contribution in [0.4, 0.5) is 0 Å². The normalized spacial score (nSPS) is 20.6. The topological polar surface area (TPSA) is 87.7 Å². The Morgan fingerprint density at radius 2 is 2.25 bits per heavy atom. The summed E-state index contributed by atoms with van der Waals surface area (Å²) >= 11 is 1.91. The second kappa shape index (κ2) is 7.19. The molecule has 1 amide bonds. The second-order valence-corrected chi connectivity index (χ2v) is 5.99. The molecule has 108 valence electrons. The predicted octanol–water partition coefficient (Wildman–Crippen LogP) is 1.39. The average Bonchev–Trinajstić information content (AvgIpc) is 2.99. The molecule has 0 aromatic heterocycles. The summed E-state index contributed by atoms with van der Waals surface area (Å²) in [7, 11) is 0. The lowest BCUT2D eigenvalue weighted by atomic mass is 9.97. The molecule has 4 N–H and O–H groups in total. The van der Waals surface area contributed by atoms with Gasteiger partial charge in [-0.1, -0.05) is 35.5 Å². The number of hydrogen-bond donors (Lipinski definition) is 3. The molecule has 2 unspecified atom stereocenters. The van der Waals surface area contributed by atoms with Crippen molar-refractivity contribution >= 4 is 23.5 Å². The van der Waals surface area contributed by atoms with Crippen LogP contribution >= 0.6 is 11.8 Å². The van der Waals surface area contributed by atoms with Gasteiger partial charge >= 0.3 is 0 Å². The molecule has 5 nitrogen and oxygen atoms in total. The highest BCUT2D eigenvalue weighted by molar-refractivity contribution is 7.99. The number of nitrogens with zero attached hydrogens (tertiary/aromatic N) is 1. The summed E-state index contributed by atoms with van der Waals surface area (Å²) in [6.07, 6.45) is 1.13. The molecule has 1 aliphatic rings. The van der Waals surface area contributed by atoms with Crippen LogP contribution in [-0.2, 0) is 4.79 Å². The molecule has 1 aromatic carbocycles. The monoisotopic (exact) mass is 293 g/mol. The quantitative estimate of drug-likeness (QED) is 0.331. The highest BCUT2D eigenvalue weighted by atomic mass is 32.2. The van der Waals surface area contributed by atoms with Crippen molar-refractivity contribution in [1.82, 2.24) is 5.32 Å². The third kappa shape index (κ3) is 3.66. The Labute approximate surface area is 122 Å². The minimum atomic E-state index is -0.741. The van der Waals surface area contributed by atoms with Crippen LogP contribution in [0.5, 0.6) is 0 Å². The first-order valence-electron chi connectivity index (χ1n) is 6.60. The first-order chi connectivity index (χ1) is 9.72. The van der Waals surface area contributed by atoms with E-state index < -0.39 is 5.92 Å². The molecule has 6 heteroatoms. The highest BCUT2D eigenvalue weighted by Crippen LogP contribution is 2.23. The van der Waals surface area contributed by atoms with E-state index in [1.807, 2.05) is 30.0 Å². The van der Waals surface area contributed by atoms with Gasteiger partial charge in [-0.25, -0.2) is 0 Å². The van der Waals surface area contributed by atoms with Gasteiger partial charge in [0.15, 0.2) is 5.84 Å². The van der Waals surface area contributed by atoms with E-state index in [1.165, 1.54) is 0 Å². The van der Waals surface area contributed by atoms with E-state index in [2.05, 4.69) is 10.5 Å². The fraction of sp³-hybridized carbons (Fsp3) is 0.429. The van der Waals surface area contributed by atoms with Crippen molar-refractivity contribution in [2.24, 2.45) is 16.8 Å². The Morgan fingerprint density at radius 1 is 1.50 bits per heavy atom. The summed E-state index contributed by atoms with van der Waals surface area (Å²) in [4.78, 5) is 12.3. The number of oxime groups is 1. The summed E-state index contributed by atoms with van der Waals surface area (Å²) in [5.41, 5.74) is 6.39. The Morgan fingerprint density at radius 3 is 2.85 bits per heavy atom. The van der Waals surface area contributed by atoms with Crippen molar-refractivity contribution in [1.29, 1.82) is 0 Å². The standard InChI is InChI=1S/C14H19N3O2S/c15-13(17-19)12(11-4-2-1-3-5-11)14(18)16-8-10-6-7-20-9-10/h1-5,10,12,19H,6-9H2,(H2,15,17)(H,16,18). The third-order valence-corrected chi connectivity index (χ3v) is 4.63. The lowest BCUT2D eigenvalue weighted by molar-refractivity contribution is -0.121. The van der Waals surface area contributed by atoms with Gasteiger partial charge < -0.3 is 16.3 Å². The van der Waals surface area contributed by atoms with E-state index in [0.717, 1.165) is 23.5 Å². The van der Waals surface area contributed by atoms with Crippen LogP contribution in [0.25, 0.3) is 0 Å². The lowest BCUT2D eigenvalue weighted by Crippen LogP contribution is -2.39. The minimum absolute atomic E-state index is 0.0884. The molecular weight excluding hydrogens is 274 g/mol. The fourth-order valence-electron chi connectivity index (χ4n) is 2.25. The number of hydrogen-bond acceptors (Lipinski definition) is 4. The number of carbonyl (C=O) groups is 1. The SMILES string of the molecule is N/C(=N/O)C(C(=O)NCC1CCSC1)c1ccccc1. The van der Waals surface area contributed by atoms with Gasteiger partial charge in [-0.05, 0) is 29.4 Å². The molecule has 0 saturated carbocycles. The molecule has 0 aliphatic carbocycles. The maximum atomic E-state index is 12.3. The van der Waals surface area contributed by atoms with Crippen LogP contribution in [0.3, 0.4) is 0 Å². The zero-order chi connectivity index (χ0) is 14.4. The summed E-state index contributed by atoms with van der Waals surface area (Å²) in [6, 6.07) is 9.11. The third-order valence-electron chi connectivity index (χ3n) is 3.40. The summed E-state index contributed by atoms with van der Waals surface area (Å²) in [5, 5.41) is 14.8. The molecule has 1 aliphatic heterocycles. The second-order valence-electron chi connectivity index (χ2n) is 4.84. The smallest absolute Gasteiger partial charge is 0.235 e. The van der Waals surface area contributed by atoms with Crippen molar-refractivity contribution in [2.75, 3.05) is 18.1 Å². The molecular formula is C14H19N3O2S. The van der Waals surface area contributed by atoms with Crippen molar-refractivity contribution < 1.29 is 10.0 Å². The van der Waals surface area contributed by atoms with E-state index in [0.29, 0.717) is 12.5 Å². The van der Waals surface area contributed by atoms with Crippen molar-refractivity contribution in [2.45, 2.75) is 12.3 Å². The average molecular weight is 293 g/mol. The van der Waals surface area contributed by atoms with E-state index in [9.17, 15) is 4.79 Å². The maximum Gasteiger partial charge on any atom is 0.235 e. The van der Waals surface area contributed by atoms with Gasteiger partial charge in [0.2, 0.25) is 5.91 Å². The van der Waals surface area contributed by atoms with Crippen molar-refractivity contribution in [3.05, 3.63) is 35.9 Å². The molecule has 2 atom stereocenters. The predicted molar refractivity (Wildman–Crippen MR) is 81.0 cm³/mol. The molecule has 20 heavy (non-hydrogen) atoms. The Kier molecular flexibility index (Phi) is 5.29. The Bertz CT molecular complexity index is 473. The number of carbonyl (C=O) groups excluding carboxylic acids is 1. The van der Waals surface area contributed by atoms with Crippen LogP contribution in [0.15, 0.2) is 35.5 Å². The number of nitrogens with two attached hydrogens (primary N) is 1. The van der Waals surface area contributed by atoms with Crippen LogP contribution < -0.4 is 11.1 Å². The van der Waals surface area contributed by atoms with Crippen LogP contribution in [-0.4, -0.2) is 35.0 Å². The zero-order valence-corrected chi connectivity index (χ0v) is 12.0. The first kappa shape index (κ1) is 14.7. The van der Waals surface area contributed by atoms with E-state index in [-0.39, 0.29) is 11.7 Å². The number of benzene rings is 1. The van der Waals surface area contributed by atoms with Gasteiger partial charge in [-0.3, -0.25) is 4.79 Å². The number of amides is 1. The van der Waals surface area contributed by atoms with Crippen LogP contribution in [0.2, 0.25) is 0 Å². The number of thioether (sulfide) groups is 1. The van der Waals surface area contributed by atoms with Gasteiger partial charge in [0.1, 0.15) is 5.92 Å². The first-order valence-corrected chi connectivity index (χ1v) is 7.75. The molecule has 1 saturated heterocycles.